The van der Waals surface area contributed by atoms with Gasteiger partial charge in [-0.3, -0.25) is 9.36 Å². The number of carbonyl (C=O) groups is 1. The number of thioether (sulfide) groups is 1. The summed E-state index contributed by atoms with van der Waals surface area (Å²) in [5.74, 6) is 1.88. The molecule has 1 atom stereocenters. The first-order valence-electron chi connectivity index (χ1n) is 9.11. The van der Waals surface area contributed by atoms with Crippen molar-refractivity contribution in [2.75, 3.05) is 7.11 Å². The van der Waals surface area contributed by atoms with E-state index in [2.05, 4.69) is 10.2 Å². The number of rotatable bonds is 5. The number of ketones is 1. The zero-order chi connectivity index (χ0) is 18.6. The Balaban J connectivity index is 1.76. The van der Waals surface area contributed by atoms with E-state index in [0.29, 0.717) is 12.2 Å². The molecule has 2 aromatic carbocycles. The van der Waals surface area contributed by atoms with Gasteiger partial charge in [0.1, 0.15) is 11.5 Å². The van der Waals surface area contributed by atoms with Gasteiger partial charge in [-0.05, 0) is 37.1 Å². The van der Waals surface area contributed by atoms with Gasteiger partial charge in [0.25, 0.3) is 0 Å². The molecule has 0 spiro atoms. The molecule has 0 aliphatic heterocycles. The number of hydrogen-bond donors (Lipinski definition) is 0. The summed E-state index contributed by atoms with van der Waals surface area (Å²) in [6.45, 7) is 0. The van der Waals surface area contributed by atoms with Crippen LogP contribution in [0.2, 0.25) is 0 Å². The minimum Gasteiger partial charge on any atom is -0.497 e. The fourth-order valence-corrected chi connectivity index (χ4v) is 4.46. The highest BCUT2D eigenvalue weighted by molar-refractivity contribution is 8.00. The number of benzene rings is 2. The summed E-state index contributed by atoms with van der Waals surface area (Å²) in [4.78, 5) is 12.3. The summed E-state index contributed by atoms with van der Waals surface area (Å²) < 4.78 is 7.31. The number of methoxy groups -OCH3 is 1. The highest BCUT2D eigenvalue weighted by atomic mass is 32.2. The van der Waals surface area contributed by atoms with Crippen LogP contribution >= 0.6 is 11.8 Å². The summed E-state index contributed by atoms with van der Waals surface area (Å²) in [7, 11) is 1.65. The molecular weight excluding hydrogens is 358 g/mol. The van der Waals surface area contributed by atoms with E-state index in [9.17, 15) is 4.79 Å². The van der Waals surface area contributed by atoms with Crippen LogP contribution in [0, 0.1) is 0 Å². The van der Waals surface area contributed by atoms with Gasteiger partial charge in [-0.1, -0.05) is 48.5 Å². The van der Waals surface area contributed by atoms with Crippen LogP contribution in [0.1, 0.15) is 25.7 Å². The molecule has 1 aliphatic carbocycles. The maximum atomic E-state index is 12.3. The fraction of sp³-hybridized carbons (Fsp3) is 0.286. The lowest BCUT2D eigenvalue weighted by atomic mass is 9.99. The highest BCUT2D eigenvalue weighted by Crippen LogP contribution is 2.34. The van der Waals surface area contributed by atoms with E-state index in [0.717, 1.165) is 47.2 Å². The molecule has 1 fully saturated rings. The first kappa shape index (κ1) is 17.8. The van der Waals surface area contributed by atoms with Crippen molar-refractivity contribution in [2.45, 2.75) is 36.1 Å². The Morgan fingerprint density at radius 3 is 2.52 bits per heavy atom. The molecule has 3 aromatic rings. The summed E-state index contributed by atoms with van der Waals surface area (Å²) in [6, 6.07) is 17.8. The zero-order valence-electron chi connectivity index (χ0n) is 15.2. The van der Waals surface area contributed by atoms with Crippen molar-refractivity contribution in [2.24, 2.45) is 0 Å². The van der Waals surface area contributed by atoms with E-state index in [-0.39, 0.29) is 5.25 Å². The largest absolute Gasteiger partial charge is 0.497 e. The van der Waals surface area contributed by atoms with Crippen molar-refractivity contribution < 1.29 is 9.53 Å². The zero-order valence-corrected chi connectivity index (χ0v) is 16.0. The molecule has 1 aromatic heterocycles. The number of hydrogen-bond acceptors (Lipinski definition) is 5. The molecule has 6 heteroatoms. The molecule has 0 amide bonds. The quantitative estimate of drug-likeness (QED) is 0.651. The topological polar surface area (TPSA) is 57.0 Å². The molecule has 138 valence electrons. The second-order valence-electron chi connectivity index (χ2n) is 6.52. The third kappa shape index (κ3) is 3.76. The van der Waals surface area contributed by atoms with E-state index >= 15 is 0 Å². The van der Waals surface area contributed by atoms with E-state index in [1.165, 1.54) is 11.8 Å². The molecule has 0 saturated heterocycles. The van der Waals surface area contributed by atoms with Gasteiger partial charge >= 0.3 is 0 Å². The summed E-state index contributed by atoms with van der Waals surface area (Å²) in [5.41, 5.74) is 1.94. The van der Waals surface area contributed by atoms with Crippen LogP contribution in [0.15, 0.2) is 59.8 Å². The van der Waals surface area contributed by atoms with Crippen molar-refractivity contribution in [3.63, 3.8) is 0 Å². The Morgan fingerprint density at radius 1 is 1.04 bits per heavy atom. The van der Waals surface area contributed by atoms with Crippen molar-refractivity contribution >= 4 is 17.5 Å². The van der Waals surface area contributed by atoms with Gasteiger partial charge in [0.2, 0.25) is 0 Å². The lowest BCUT2D eigenvalue weighted by Gasteiger charge is -2.20. The first-order chi connectivity index (χ1) is 13.3. The van der Waals surface area contributed by atoms with Crippen LogP contribution in [-0.2, 0) is 4.79 Å². The molecule has 27 heavy (non-hydrogen) atoms. The predicted molar refractivity (Wildman–Crippen MR) is 106 cm³/mol. The van der Waals surface area contributed by atoms with E-state index < -0.39 is 0 Å². The molecule has 1 aliphatic rings. The van der Waals surface area contributed by atoms with Gasteiger partial charge in [0, 0.05) is 17.7 Å². The lowest BCUT2D eigenvalue weighted by Crippen LogP contribution is -2.21. The second kappa shape index (κ2) is 7.96. The van der Waals surface area contributed by atoms with Crippen molar-refractivity contribution in [1.29, 1.82) is 0 Å². The van der Waals surface area contributed by atoms with Crippen molar-refractivity contribution in [3.8, 4) is 22.8 Å². The Hall–Kier alpha value is -2.60. The molecule has 4 rings (SSSR count). The van der Waals surface area contributed by atoms with E-state index in [1.54, 1.807) is 7.11 Å². The average molecular weight is 379 g/mol. The standard InChI is InChI=1S/C21H21N3O2S/c1-26-17-13-11-16(12-14-17)24-20(15-7-3-2-4-8-15)22-23-21(24)27-19-10-6-5-9-18(19)25/h2-4,7-8,11-14,19H,5-6,9-10H2,1H3/t19-/m0/s1. The molecular formula is C21H21N3O2S. The number of aromatic nitrogens is 3. The van der Waals surface area contributed by atoms with Gasteiger partial charge in [-0.15, -0.1) is 10.2 Å². The number of nitrogens with zero attached hydrogens (tertiary/aromatic N) is 3. The minimum absolute atomic E-state index is 0.0384. The van der Waals surface area contributed by atoms with Crippen molar-refractivity contribution in [1.82, 2.24) is 14.8 Å². The van der Waals surface area contributed by atoms with Crippen LogP contribution in [0.4, 0.5) is 0 Å². The molecule has 0 radical (unpaired) electrons. The number of ether oxygens (including phenoxy) is 1. The van der Waals surface area contributed by atoms with Crippen LogP contribution < -0.4 is 4.74 Å². The summed E-state index contributed by atoms with van der Waals surface area (Å²) in [6.07, 6.45) is 3.65. The Labute approximate surface area is 162 Å². The summed E-state index contributed by atoms with van der Waals surface area (Å²) >= 11 is 1.53. The lowest BCUT2D eigenvalue weighted by molar-refractivity contribution is -0.119. The van der Waals surface area contributed by atoms with Gasteiger partial charge in [0.05, 0.1) is 12.4 Å². The van der Waals surface area contributed by atoms with Gasteiger partial charge in [-0.25, -0.2) is 0 Å². The molecule has 5 nitrogen and oxygen atoms in total. The maximum absolute atomic E-state index is 12.3. The van der Waals surface area contributed by atoms with Gasteiger partial charge in [-0.2, -0.15) is 0 Å². The second-order valence-corrected chi connectivity index (χ2v) is 7.69. The summed E-state index contributed by atoms with van der Waals surface area (Å²) in [5, 5.41) is 9.59. The minimum atomic E-state index is -0.0384. The van der Waals surface area contributed by atoms with Crippen LogP contribution in [0.25, 0.3) is 17.1 Å². The molecule has 1 saturated carbocycles. The van der Waals surface area contributed by atoms with Crippen molar-refractivity contribution in [3.05, 3.63) is 54.6 Å². The smallest absolute Gasteiger partial charge is 0.196 e. The molecule has 0 N–H and O–H groups in total. The average Bonchev–Trinajstić information content (AvgIpc) is 3.14. The number of Topliss-reactive ketones (excluding diaryl/α,β-unsaturated/α-hetero) is 1. The van der Waals surface area contributed by atoms with E-state index in [4.69, 9.17) is 4.74 Å². The van der Waals surface area contributed by atoms with Gasteiger partial charge in [0.15, 0.2) is 11.0 Å². The van der Waals surface area contributed by atoms with E-state index in [1.807, 2.05) is 59.2 Å². The fourth-order valence-electron chi connectivity index (χ4n) is 3.29. The van der Waals surface area contributed by atoms with Crippen LogP contribution in [-0.4, -0.2) is 32.9 Å². The first-order valence-corrected chi connectivity index (χ1v) is 9.99. The maximum Gasteiger partial charge on any atom is 0.196 e. The van der Waals surface area contributed by atoms with Gasteiger partial charge < -0.3 is 4.74 Å². The molecule has 1 heterocycles. The third-order valence-electron chi connectivity index (χ3n) is 4.74. The molecule has 0 unspecified atom stereocenters. The Morgan fingerprint density at radius 2 is 1.81 bits per heavy atom. The third-order valence-corrected chi connectivity index (χ3v) is 6.00. The Bertz CT molecular complexity index is 922. The normalized spacial score (nSPS) is 17.1. The van der Waals surface area contributed by atoms with Crippen LogP contribution in [0.3, 0.4) is 0 Å². The SMILES string of the molecule is COc1ccc(-n2c(S[C@H]3CCCCC3=O)nnc2-c2ccccc2)cc1. The monoisotopic (exact) mass is 379 g/mol. The predicted octanol–water partition coefficient (Wildman–Crippen LogP) is 4.55. The molecule has 0 bridgehead atoms. The Kier molecular flexibility index (Phi) is 5.25. The highest BCUT2D eigenvalue weighted by Gasteiger charge is 2.26. The van der Waals surface area contributed by atoms with Crippen LogP contribution in [0.5, 0.6) is 5.75 Å². The number of carbonyl (C=O) groups excluding carboxylic acids is 1.